The van der Waals surface area contributed by atoms with Crippen LogP contribution in [0.1, 0.15) is 36.8 Å². The van der Waals surface area contributed by atoms with Crippen molar-refractivity contribution in [2.75, 3.05) is 18.5 Å². The minimum Gasteiger partial charge on any atom is -0.494 e. The number of ether oxygens (including phenoxy) is 2. The first kappa shape index (κ1) is 32.7. The highest BCUT2D eigenvalue weighted by Crippen LogP contribution is 2.24. The molecule has 0 spiro atoms. The Hall–Kier alpha value is -4.86. The van der Waals surface area contributed by atoms with E-state index in [9.17, 15) is 27.6 Å². The summed E-state index contributed by atoms with van der Waals surface area (Å²) in [5.41, 5.74) is 4.30. The van der Waals surface area contributed by atoms with Crippen molar-refractivity contribution < 1.29 is 42.1 Å². The molecule has 0 aliphatic rings. The van der Waals surface area contributed by atoms with Gasteiger partial charge < -0.3 is 19.9 Å². The van der Waals surface area contributed by atoms with Crippen LogP contribution in [0.15, 0.2) is 91.0 Å². The van der Waals surface area contributed by atoms with E-state index in [0.29, 0.717) is 17.9 Å². The predicted octanol–water partition coefficient (Wildman–Crippen LogP) is 7.23. The highest BCUT2D eigenvalue weighted by atomic mass is 19.4. The molecule has 3 aromatic rings. The van der Waals surface area contributed by atoms with Crippen molar-refractivity contribution >= 4 is 29.6 Å². The quantitative estimate of drug-likeness (QED) is 0.109. The van der Waals surface area contributed by atoms with Gasteiger partial charge in [-0.2, -0.15) is 13.2 Å². The number of esters is 1. The fraction of sp³-hybridized carbons (Fsp3) is 0.242. The lowest BCUT2D eigenvalue weighted by atomic mass is 10.0. The number of aryl methyl sites for hydroxylation is 1. The minimum absolute atomic E-state index is 0.000994. The SMILES string of the molecule is O=C(O)/C=C\C(=O)Nc1ccc(CCCCOC(=O)/C=C/c2ccc(-c3ccc(OCCCC(F)(F)F)cc3)cc2)cc1. The normalized spacial score (nSPS) is 11.5. The van der Waals surface area contributed by atoms with Gasteiger partial charge in [0.05, 0.1) is 13.2 Å². The summed E-state index contributed by atoms with van der Waals surface area (Å²) >= 11 is 0. The Balaban J connectivity index is 1.33. The molecule has 2 N–H and O–H groups in total. The number of nitrogens with one attached hydrogen (secondary N) is 1. The molecular weight excluding hydrogens is 563 g/mol. The van der Waals surface area contributed by atoms with Crippen LogP contribution in [0.2, 0.25) is 0 Å². The zero-order valence-electron chi connectivity index (χ0n) is 23.3. The highest BCUT2D eigenvalue weighted by Gasteiger charge is 2.26. The molecule has 0 unspecified atom stereocenters. The molecule has 43 heavy (non-hydrogen) atoms. The number of carboxylic acids is 1. The Morgan fingerprint density at radius 1 is 0.767 bits per heavy atom. The van der Waals surface area contributed by atoms with E-state index in [-0.39, 0.29) is 19.6 Å². The molecule has 0 heterocycles. The molecule has 3 aromatic carbocycles. The van der Waals surface area contributed by atoms with Crippen LogP contribution >= 0.6 is 0 Å². The molecule has 1 amide bonds. The van der Waals surface area contributed by atoms with Crippen LogP contribution in [-0.4, -0.2) is 42.3 Å². The molecule has 0 fully saturated rings. The van der Waals surface area contributed by atoms with Crippen molar-refractivity contribution in [3.63, 3.8) is 0 Å². The van der Waals surface area contributed by atoms with Crippen LogP contribution in [0, 0.1) is 0 Å². The molecule has 0 aromatic heterocycles. The molecule has 0 atom stereocenters. The Kier molecular flexibility index (Phi) is 12.6. The lowest BCUT2D eigenvalue weighted by Gasteiger charge is -2.09. The smallest absolute Gasteiger partial charge is 0.389 e. The average Bonchev–Trinajstić information content (AvgIpc) is 2.98. The van der Waals surface area contributed by atoms with E-state index in [1.807, 2.05) is 48.5 Å². The second-order valence-electron chi connectivity index (χ2n) is 9.53. The summed E-state index contributed by atoms with van der Waals surface area (Å²) in [6, 6.07) is 21.9. The van der Waals surface area contributed by atoms with Gasteiger partial charge in [0, 0.05) is 30.3 Å². The van der Waals surface area contributed by atoms with Crippen LogP contribution in [0.25, 0.3) is 17.2 Å². The second-order valence-corrected chi connectivity index (χ2v) is 9.53. The first-order valence-corrected chi connectivity index (χ1v) is 13.6. The molecule has 10 heteroatoms. The minimum atomic E-state index is -4.18. The van der Waals surface area contributed by atoms with Crippen LogP contribution in [-0.2, 0) is 25.5 Å². The van der Waals surface area contributed by atoms with Crippen molar-refractivity contribution in [2.45, 2.75) is 38.3 Å². The van der Waals surface area contributed by atoms with E-state index < -0.39 is 30.4 Å². The number of anilines is 1. The maximum absolute atomic E-state index is 12.2. The number of hydrogen-bond acceptors (Lipinski definition) is 5. The molecule has 0 radical (unpaired) electrons. The summed E-state index contributed by atoms with van der Waals surface area (Å²) < 4.78 is 47.3. The van der Waals surface area contributed by atoms with E-state index in [1.165, 1.54) is 6.08 Å². The third-order valence-electron chi connectivity index (χ3n) is 6.09. The molecule has 0 bridgehead atoms. The van der Waals surface area contributed by atoms with Crippen molar-refractivity contribution in [2.24, 2.45) is 0 Å². The number of hydrogen-bond donors (Lipinski definition) is 2. The second kappa shape index (κ2) is 16.5. The Bertz CT molecular complexity index is 1400. The zero-order valence-corrected chi connectivity index (χ0v) is 23.3. The standard InChI is InChI=1S/C33H32F3NO6/c34-33(35,36)21-3-23-42-29-16-12-27(13-17-29)26-10-5-25(6-11-26)9-20-32(41)43-22-2-1-4-24-7-14-28(15-8-24)37-30(38)18-19-31(39)40/h5-20H,1-4,21-23H2,(H,37,38)(H,39,40)/b19-18-,20-9+. The van der Waals surface area contributed by atoms with Gasteiger partial charge in [0.1, 0.15) is 5.75 Å². The number of unbranched alkanes of at least 4 members (excludes halogenated alkanes) is 1. The summed E-state index contributed by atoms with van der Waals surface area (Å²) in [5, 5.41) is 11.1. The van der Waals surface area contributed by atoms with Crippen LogP contribution < -0.4 is 10.1 Å². The monoisotopic (exact) mass is 595 g/mol. The molecule has 0 aliphatic carbocycles. The maximum atomic E-state index is 12.2. The molecule has 0 saturated carbocycles. The summed E-state index contributed by atoms with van der Waals surface area (Å²) in [6.45, 7) is 0.285. The van der Waals surface area contributed by atoms with Gasteiger partial charge in [-0.05, 0) is 78.3 Å². The molecule has 3 rings (SSSR count). The Morgan fingerprint density at radius 2 is 1.42 bits per heavy atom. The first-order valence-electron chi connectivity index (χ1n) is 13.6. The maximum Gasteiger partial charge on any atom is 0.389 e. The fourth-order valence-corrected chi connectivity index (χ4v) is 3.89. The van der Waals surface area contributed by atoms with E-state index in [0.717, 1.165) is 47.2 Å². The summed E-state index contributed by atoms with van der Waals surface area (Å²) in [5.74, 6) is -1.65. The number of carbonyl (C=O) groups is 3. The number of carbonyl (C=O) groups excluding carboxylic acids is 2. The number of benzene rings is 3. The van der Waals surface area contributed by atoms with Gasteiger partial charge in [0.15, 0.2) is 0 Å². The fourth-order valence-electron chi connectivity index (χ4n) is 3.89. The van der Waals surface area contributed by atoms with Crippen LogP contribution in [0.5, 0.6) is 5.75 Å². The van der Waals surface area contributed by atoms with Gasteiger partial charge >= 0.3 is 18.1 Å². The number of alkyl halides is 3. The highest BCUT2D eigenvalue weighted by molar-refractivity contribution is 6.02. The van der Waals surface area contributed by atoms with Crippen LogP contribution in [0.3, 0.4) is 0 Å². The molecule has 0 aliphatic heterocycles. The number of rotatable bonds is 15. The van der Waals surface area contributed by atoms with Crippen molar-refractivity contribution in [3.05, 3.63) is 102 Å². The Labute approximate surface area is 247 Å². The number of amides is 1. The topological polar surface area (TPSA) is 102 Å². The van der Waals surface area contributed by atoms with Gasteiger partial charge in [0.25, 0.3) is 0 Å². The lowest BCUT2D eigenvalue weighted by molar-refractivity contribution is -0.138. The average molecular weight is 596 g/mol. The van der Waals surface area contributed by atoms with Crippen LogP contribution in [0.4, 0.5) is 18.9 Å². The van der Waals surface area contributed by atoms with E-state index >= 15 is 0 Å². The molecular formula is C33H32F3NO6. The van der Waals surface area contributed by atoms with Crippen molar-refractivity contribution in [1.29, 1.82) is 0 Å². The summed E-state index contributed by atoms with van der Waals surface area (Å²) in [7, 11) is 0. The van der Waals surface area contributed by atoms with E-state index in [2.05, 4.69) is 5.32 Å². The lowest BCUT2D eigenvalue weighted by Crippen LogP contribution is -2.09. The predicted molar refractivity (Wildman–Crippen MR) is 157 cm³/mol. The third kappa shape index (κ3) is 13.1. The van der Waals surface area contributed by atoms with Gasteiger partial charge in [-0.25, -0.2) is 9.59 Å². The summed E-state index contributed by atoms with van der Waals surface area (Å²) in [6.07, 6.45) is 1.87. The van der Waals surface area contributed by atoms with Gasteiger partial charge in [-0.1, -0.05) is 48.5 Å². The Morgan fingerprint density at radius 3 is 2.05 bits per heavy atom. The van der Waals surface area contributed by atoms with Gasteiger partial charge in [-0.3, -0.25) is 4.79 Å². The number of halogens is 3. The van der Waals surface area contributed by atoms with E-state index in [1.54, 1.807) is 30.3 Å². The number of carboxylic acid groups (broad SMARTS) is 1. The molecule has 0 saturated heterocycles. The third-order valence-corrected chi connectivity index (χ3v) is 6.09. The van der Waals surface area contributed by atoms with E-state index in [4.69, 9.17) is 14.6 Å². The molecule has 226 valence electrons. The van der Waals surface area contributed by atoms with Crippen molar-refractivity contribution in [1.82, 2.24) is 0 Å². The van der Waals surface area contributed by atoms with Crippen molar-refractivity contribution in [3.8, 4) is 16.9 Å². The van der Waals surface area contributed by atoms with Gasteiger partial charge in [-0.15, -0.1) is 0 Å². The van der Waals surface area contributed by atoms with Gasteiger partial charge in [0.2, 0.25) is 5.91 Å². The number of aliphatic carboxylic acids is 1. The zero-order chi connectivity index (χ0) is 31.1. The summed E-state index contributed by atoms with van der Waals surface area (Å²) in [4.78, 5) is 34.2. The molecule has 7 nitrogen and oxygen atoms in total. The largest absolute Gasteiger partial charge is 0.494 e. The first-order chi connectivity index (χ1) is 20.6.